The summed E-state index contributed by atoms with van der Waals surface area (Å²) in [4.78, 5) is 28.3. The summed E-state index contributed by atoms with van der Waals surface area (Å²) in [6.45, 7) is 3.88. The maximum absolute atomic E-state index is 12.4. The number of nitrogens with zero attached hydrogens (tertiary/aromatic N) is 1. The molecule has 1 heterocycles. The average molecular weight is 415 g/mol. The van der Waals surface area contributed by atoms with Gasteiger partial charge in [-0.25, -0.2) is 4.98 Å². The first-order chi connectivity index (χ1) is 12.4. The van der Waals surface area contributed by atoms with E-state index in [1.807, 2.05) is 0 Å². The number of hydrogen-bond donors (Lipinski definition) is 1. The number of nitrogens with one attached hydrogen (secondary N) is 1. The predicted molar refractivity (Wildman–Crippen MR) is 104 cm³/mol. The molecule has 2 rings (SSSR count). The summed E-state index contributed by atoms with van der Waals surface area (Å²) in [5.74, 6) is 0.0248. The fourth-order valence-corrected chi connectivity index (χ4v) is 4.15. The molecule has 0 saturated carbocycles. The van der Waals surface area contributed by atoms with Crippen molar-refractivity contribution in [3.63, 3.8) is 0 Å². The molecule has 0 aliphatic rings. The molecule has 140 valence electrons. The standard InChI is InChI=1S/C17H19ClN2O4S2/c1-4-24-15(21)8-12-9-25-17(19-12)26-10(2)16(22)20-13-7-11(18)5-6-14(13)23-3/h5-7,9-10H,4,8H2,1-3H3,(H,20,22)/t10-/m0/s1. The number of benzene rings is 1. The molecule has 1 aromatic carbocycles. The van der Waals surface area contributed by atoms with E-state index < -0.39 is 0 Å². The second kappa shape index (κ2) is 9.80. The molecule has 0 fully saturated rings. The van der Waals surface area contributed by atoms with E-state index in [0.29, 0.717) is 33.1 Å². The lowest BCUT2D eigenvalue weighted by Crippen LogP contribution is -2.22. The number of amides is 1. The van der Waals surface area contributed by atoms with Crippen molar-refractivity contribution in [3.8, 4) is 5.75 Å². The number of methoxy groups -OCH3 is 1. The molecule has 26 heavy (non-hydrogen) atoms. The summed E-state index contributed by atoms with van der Waals surface area (Å²) in [5.41, 5.74) is 1.15. The summed E-state index contributed by atoms with van der Waals surface area (Å²) < 4.78 is 10.8. The normalized spacial score (nSPS) is 11.7. The van der Waals surface area contributed by atoms with Crippen LogP contribution >= 0.6 is 34.7 Å². The molecule has 9 heteroatoms. The molecule has 1 amide bonds. The third-order valence-electron chi connectivity index (χ3n) is 3.23. The maximum atomic E-state index is 12.4. The van der Waals surface area contributed by atoms with E-state index in [1.54, 1.807) is 37.4 Å². The molecular formula is C17H19ClN2O4S2. The molecule has 0 bridgehead atoms. The van der Waals surface area contributed by atoms with Gasteiger partial charge in [-0.1, -0.05) is 23.4 Å². The zero-order valence-corrected chi connectivity index (χ0v) is 17.0. The van der Waals surface area contributed by atoms with E-state index in [4.69, 9.17) is 21.1 Å². The Balaban J connectivity index is 1.96. The number of esters is 1. The first-order valence-corrected chi connectivity index (χ1v) is 9.97. The second-order valence-electron chi connectivity index (χ2n) is 5.18. The topological polar surface area (TPSA) is 77.5 Å². The predicted octanol–water partition coefficient (Wildman–Crippen LogP) is 4.03. The Hall–Kier alpha value is -1.77. The minimum atomic E-state index is -0.389. The molecule has 0 radical (unpaired) electrons. The highest BCUT2D eigenvalue weighted by molar-refractivity contribution is 8.02. The number of rotatable bonds is 8. The largest absolute Gasteiger partial charge is 0.495 e. The van der Waals surface area contributed by atoms with Crippen LogP contribution in [0.4, 0.5) is 5.69 Å². The first-order valence-electron chi connectivity index (χ1n) is 7.84. The Bertz CT molecular complexity index is 782. The molecule has 1 atom stereocenters. The van der Waals surface area contributed by atoms with Crippen LogP contribution in [0.1, 0.15) is 19.5 Å². The number of aromatic nitrogens is 1. The van der Waals surface area contributed by atoms with Gasteiger partial charge in [0.2, 0.25) is 5.91 Å². The third-order valence-corrected chi connectivity index (χ3v) is 5.58. The molecule has 0 unspecified atom stereocenters. The van der Waals surface area contributed by atoms with Crippen LogP contribution in [0.2, 0.25) is 5.02 Å². The molecule has 6 nitrogen and oxygen atoms in total. The Morgan fingerprint density at radius 3 is 2.88 bits per heavy atom. The van der Waals surface area contributed by atoms with Crippen molar-refractivity contribution in [3.05, 3.63) is 34.3 Å². The Labute approximate surface area is 165 Å². The lowest BCUT2D eigenvalue weighted by Gasteiger charge is -2.13. The number of carbonyl (C=O) groups is 2. The van der Waals surface area contributed by atoms with Gasteiger partial charge in [0.1, 0.15) is 5.75 Å². The number of halogens is 1. The highest BCUT2D eigenvalue weighted by Crippen LogP contribution is 2.31. The molecule has 1 N–H and O–H groups in total. The number of hydrogen-bond acceptors (Lipinski definition) is 7. The van der Waals surface area contributed by atoms with Crippen LogP contribution in [-0.4, -0.2) is 35.8 Å². The van der Waals surface area contributed by atoms with E-state index in [0.717, 1.165) is 0 Å². The fraction of sp³-hybridized carbons (Fsp3) is 0.353. The smallest absolute Gasteiger partial charge is 0.311 e. The van der Waals surface area contributed by atoms with Crippen molar-refractivity contribution in [1.29, 1.82) is 0 Å². The average Bonchev–Trinajstić information content (AvgIpc) is 3.02. The van der Waals surface area contributed by atoms with Crippen molar-refractivity contribution in [1.82, 2.24) is 4.98 Å². The van der Waals surface area contributed by atoms with Gasteiger partial charge < -0.3 is 14.8 Å². The van der Waals surface area contributed by atoms with Crippen LogP contribution in [0.15, 0.2) is 27.9 Å². The molecule has 0 aliphatic heterocycles. The monoisotopic (exact) mass is 414 g/mol. The Morgan fingerprint density at radius 1 is 1.42 bits per heavy atom. The highest BCUT2D eigenvalue weighted by atomic mass is 35.5. The minimum Gasteiger partial charge on any atom is -0.495 e. The van der Waals surface area contributed by atoms with Gasteiger partial charge in [0.25, 0.3) is 0 Å². The van der Waals surface area contributed by atoms with Gasteiger partial charge >= 0.3 is 5.97 Å². The summed E-state index contributed by atoms with van der Waals surface area (Å²) >= 11 is 8.68. The minimum absolute atomic E-state index is 0.130. The van der Waals surface area contributed by atoms with Crippen molar-refractivity contribution in [2.45, 2.75) is 29.9 Å². The summed E-state index contributed by atoms with van der Waals surface area (Å²) in [6, 6.07) is 5.02. The number of anilines is 1. The molecule has 0 spiro atoms. The zero-order valence-electron chi connectivity index (χ0n) is 14.6. The molecule has 2 aromatic rings. The molecule has 0 saturated heterocycles. The van der Waals surface area contributed by atoms with Gasteiger partial charge in [-0.05, 0) is 32.0 Å². The summed E-state index contributed by atoms with van der Waals surface area (Å²) in [7, 11) is 1.53. The second-order valence-corrected chi connectivity index (χ2v) is 8.06. The number of thioether (sulfide) groups is 1. The van der Waals surface area contributed by atoms with Gasteiger partial charge in [0, 0.05) is 10.4 Å². The van der Waals surface area contributed by atoms with E-state index >= 15 is 0 Å². The number of carbonyl (C=O) groups excluding carboxylic acids is 2. The van der Waals surface area contributed by atoms with E-state index in [9.17, 15) is 9.59 Å². The van der Waals surface area contributed by atoms with Gasteiger partial charge in [-0.2, -0.15) is 0 Å². The van der Waals surface area contributed by atoms with Crippen molar-refractivity contribution in [2.75, 3.05) is 19.0 Å². The lowest BCUT2D eigenvalue weighted by atomic mass is 10.3. The van der Waals surface area contributed by atoms with E-state index in [2.05, 4.69) is 10.3 Å². The third kappa shape index (κ3) is 5.89. The molecule has 0 aliphatic carbocycles. The van der Waals surface area contributed by atoms with Gasteiger partial charge in [-0.15, -0.1) is 11.3 Å². The maximum Gasteiger partial charge on any atom is 0.311 e. The van der Waals surface area contributed by atoms with Crippen LogP contribution in [0.5, 0.6) is 5.75 Å². The van der Waals surface area contributed by atoms with Crippen LogP contribution in [0, 0.1) is 0 Å². The number of thiazole rings is 1. The highest BCUT2D eigenvalue weighted by Gasteiger charge is 2.19. The van der Waals surface area contributed by atoms with Gasteiger partial charge in [0.15, 0.2) is 4.34 Å². The van der Waals surface area contributed by atoms with Crippen LogP contribution in [0.25, 0.3) is 0 Å². The zero-order chi connectivity index (χ0) is 19.1. The van der Waals surface area contributed by atoms with E-state index in [-0.39, 0.29) is 23.5 Å². The van der Waals surface area contributed by atoms with Crippen molar-refractivity contribution >= 4 is 52.3 Å². The van der Waals surface area contributed by atoms with E-state index in [1.165, 1.54) is 30.2 Å². The first kappa shape index (κ1) is 20.5. The number of ether oxygens (including phenoxy) is 2. The van der Waals surface area contributed by atoms with Crippen molar-refractivity contribution in [2.24, 2.45) is 0 Å². The van der Waals surface area contributed by atoms with Crippen LogP contribution < -0.4 is 10.1 Å². The summed E-state index contributed by atoms with van der Waals surface area (Å²) in [6.07, 6.45) is 0.130. The van der Waals surface area contributed by atoms with Crippen LogP contribution in [-0.2, 0) is 20.7 Å². The molecular weight excluding hydrogens is 396 g/mol. The summed E-state index contributed by atoms with van der Waals surface area (Å²) in [5, 5.41) is 4.72. The molecule has 1 aromatic heterocycles. The quantitative estimate of drug-likeness (QED) is 0.519. The Morgan fingerprint density at radius 2 is 2.19 bits per heavy atom. The van der Waals surface area contributed by atoms with Gasteiger partial charge in [0.05, 0.1) is 36.8 Å². The SMILES string of the molecule is CCOC(=O)Cc1csc(S[C@@H](C)C(=O)Nc2cc(Cl)ccc2OC)n1. The van der Waals surface area contributed by atoms with Crippen LogP contribution in [0.3, 0.4) is 0 Å². The fourth-order valence-electron chi connectivity index (χ4n) is 2.00. The van der Waals surface area contributed by atoms with Crippen molar-refractivity contribution < 1.29 is 19.1 Å². The lowest BCUT2D eigenvalue weighted by molar-refractivity contribution is -0.142. The Kier molecular flexibility index (Phi) is 7.74. The van der Waals surface area contributed by atoms with Gasteiger partial charge in [-0.3, -0.25) is 9.59 Å².